The van der Waals surface area contributed by atoms with Gasteiger partial charge in [-0.15, -0.1) is 0 Å². The number of carbonyl (C=O) groups is 1. The largest absolute Gasteiger partial charge is 0.455 e. The van der Waals surface area contributed by atoms with Gasteiger partial charge in [0.15, 0.2) is 0 Å². The molecule has 27 heavy (non-hydrogen) atoms. The van der Waals surface area contributed by atoms with E-state index in [1.165, 1.54) is 0 Å². The number of hydrogen-bond donors (Lipinski definition) is 0. The SMILES string of the molecule is Cc1ccc2oc(-c3ccccc3)c(C(=O)c3ccc(Cl)cc3)c(=O)c2c1. The first-order chi connectivity index (χ1) is 13.0. The van der Waals surface area contributed by atoms with Gasteiger partial charge in [0.2, 0.25) is 11.2 Å². The molecule has 0 amide bonds. The third kappa shape index (κ3) is 3.18. The van der Waals surface area contributed by atoms with E-state index in [9.17, 15) is 9.59 Å². The van der Waals surface area contributed by atoms with Gasteiger partial charge in [-0.2, -0.15) is 0 Å². The van der Waals surface area contributed by atoms with Crippen LogP contribution in [0.1, 0.15) is 21.5 Å². The van der Waals surface area contributed by atoms with Crippen molar-refractivity contribution in [1.29, 1.82) is 0 Å². The van der Waals surface area contributed by atoms with Crippen LogP contribution in [0.3, 0.4) is 0 Å². The minimum atomic E-state index is -0.386. The molecule has 0 fully saturated rings. The van der Waals surface area contributed by atoms with E-state index in [1.807, 2.05) is 43.3 Å². The lowest BCUT2D eigenvalue weighted by Gasteiger charge is -2.10. The first-order valence-electron chi connectivity index (χ1n) is 8.48. The van der Waals surface area contributed by atoms with Crippen molar-refractivity contribution in [2.45, 2.75) is 6.92 Å². The van der Waals surface area contributed by atoms with Gasteiger partial charge >= 0.3 is 0 Å². The average molecular weight is 375 g/mol. The van der Waals surface area contributed by atoms with Gasteiger partial charge in [-0.3, -0.25) is 9.59 Å². The molecule has 4 rings (SSSR count). The predicted molar refractivity (Wildman–Crippen MR) is 108 cm³/mol. The van der Waals surface area contributed by atoms with Crippen LogP contribution in [0.5, 0.6) is 0 Å². The molecule has 4 aromatic rings. The Bertz CT molecular complexity index is 1210. The third-order valence-electron chi connectivity index (χ3n) is 4.42. The summed E-state index contributed by atoms with van der Waals surface area (Å²) in [6, 6.07) is 21.0. The number of rotatable bonds is 3. The average Bonchev–Trinajstić information content (AvgIpc) is 2.69. The van der Waals surface area contributed by atoms with Gasteiger partial charge in [0.1, 0.15) is 16.9 Å². The molecule has 0 bridgehead atoms. The zero-order valence-corrected chi connectivity index (χ0v) is 15.3. The predicted octanol–water partition coefficient (Wildman–Crippen LogP) is 5.65. The molecule has 1 heterocycles. The second-order valence-corrected chi connectivity index (χ2v) is 6.77. The van der Waals surface area contributed by atoms with E-state index in [-0.39, 0.29) is 22.5 Å². The Balaban J connectivity index is 2.04. The summed E-state index contributed by atoms with van der Waals surface area (Å²) < 4.78 is 6.03. The summed E-state index contributed by atoms with van der Waals surface area (Å²) in [5, 5.41) is 0.919. The van der Waals surface area contributed by atoms with Gasteiger partial charge in [0, 0.05) is 16.1 Å². The van der Waals surface area contributed by atoms with Crippen LogP contribution in [-0.4, -0.2) is 5.78 Å². The summed E-state index contributed by atoms with van der Waals surface area (Å²) >= 11 is 5.92. The van der Waals surface area contributed by atoms with Gasteiger partial charge in [0.05, 0.1) is 5.39 Å². The monoisotopic (exact) mass is 374 g/mol. The zero-order chi connectivity index (χ0) is 19.0. The fourth-order valence-corrected chi connectivity index (χ4v) is 3.18. The second kappa shape index (κ2) is 6.86. The van der Waals surface area contributed by atoms with Crippen molar-refractivity contribution in [1.82, 2.24) is 0 Å². The van der Waals surface area contributed by atoms with E-state index < -0.39 is 0 Å². The van der Waals surface area contributed by atoms with Crippen molar-refractivity contribution in [3.63, 3.8) is 0 Å². The van der Waals surface area contributed by atoms with Crippen molar-refractivity contribution in [2.24, 2.45) is 0 Å². The molecule has 0 radical (unpaired) electrons. The number of benzene rings is 3. The van der Waals surface area contributed by atoms with Crippen LogP contribution in [0.4, 0.5) is 0 Å². The van der Waals surface area contributed by atoms with Crippen LogP contribution in [0.15, 0.2) is 82.0 Å². The third-order valence-corrected chi connectivity index (χ3v) is 4.67. The molecule has 0 aliphatic carbocycles. The highest BCUT2D eigenvalue weighted by atomic mass is 35.5. The van der Waals surface area contributed by atoms with Crippen LogP contribution in [-0.2, 0) is 0 Å². The molecule has 0 spiro atoms. The fraction of sp³-hybridized carbons (Fsp3) is 0.0435. The lowest BCUT2D eigenvalue weighted by atomic mass is 9.97. The Morgan fingerprint density at radius 3 is 2.33 bits per heavy atom. The fourth-order valence-electron chi connectivity index (χ4n) is 3.05. The van der Waals surface area contributed by atoms with E-state index in [1.54, 1.807) is 36.4 Å². The van der Waals surface area contributed by atoms with Crippen LogP contribution in [0.25, 0.3) is 22.3 Å². The lowest BCUT2D eigenvalue weighted by molar-refractivity contribution is 0.103. The topological polar surface area (TPSA) is 47.3 Å². The van der Waals surface area contributed by atoms with E-state index in [4.69, 9.17) is 16.0 Å². The molecule has 0 atom stereocenters. The molecule has 1 aromatic heterocycles. The Labute approximate surface area is 160 Å². The lowest BCUT2D eigenvalue weighted by Crippen LogP contribution is -2.18. The van der Waals surface area contributed by atoms with E-state index in [0.717, 1.165) is 5.56 Å². The smallest absolute Gasteiger partial charge is 0.204 e. The Kier molecular flexibility index (Phi) is 4.38. The first kappa shape index (κ1) is 17.3. The quantitative estimate of drug-likeness (QED) is 0.435. The number of carbonyl (C=O) groups excluding carboxylic acids is 1. The molecule has 0 aliphatic heterocycles. The summed E-state index contributed by atoms with van der Waals surface area (Å²) in [6.07, 6.45) is 0. The Hall–Kier alpha value is -3.17. The molecule has 132 valence electrons. The minimum Gasteiger partial charge on any atom is -0.455 e. The molecule has 3 aromatic carbocycles. The normalized spacial score (nSPS) is 10.9. The maximum Gasteiger partial charge on any atom is 0.204 e. The van der Waals surface area contributed by atoms with Crippen molar-refractivity contribution < 1.29 is 9.21 Å². The Morgan fingerprint density at radius 2 is 1.63 bits per heavy atom. The van der Waals surface area contributed by atoms with Crippen LogP contribution in [0, 0.1) is 6.92 Å². The van der Waals surface area contributed by atoms with Gasteiger partial charge < -0.3 is 4.42 Å². The number of hydrogen-bond acceptors (Lipinski definition) is 3. The summed E-state index contributed by atoms with van der Waals surface area (Å²) in [4.78, 5) is 26.4. The zero-order valence-electron chi connectivity index (χ0n) is 14.5. The van der Waals surface area contributed by atoms with Gasteiger partial charge in [-0.1, -0.05) is 53.6 Å². The highest BCUT2D eigenvalue weighted by Gasteiger charge is 2.23. The molecule has 0 saturated carbocycles. The maximum atomic E-state index is 13.2. The van der Waals surface area contributed by atoms with Crippen molar-refractivity contribution >= 4 is 28.4 Å². The maximum absolute atomic E-state index is 13.2. The summed E-state index contributed by atoms with van der Waals surface area (Å²) in [6.45, 7) is 1.89. The van der Waals surface area contributed by atoms with Crippen molar-refractivity contribution in [2.75, 3.05) is 0 Å². The van der Waals surface area contributed by atoms with E-state index in [2.05, 4.69) is 0 Å². The van der Waals surface area contributed by atoms with Gasteiger partial charge in [0.25, 0.3) is 0 Å². The second-order valence-electron chi connectivity index (χ2n) is 6.34. The van der Waals surface area contributed by atoms with Crippen LogP contribution in [0.2, 0.25) is 5.02 Å². The summed E-state index contributed by atoms with van der Waals surface area (Å²) in [5.41, 5.74) is 2.13. The van der Waals surface area contributed by atoms with Gasteiger partial charge in [-0.25, -0.2) is 0 Å². The molecule has 0 unspecified atom stereocenters. The van der Waals surface area contributed by atoms with E-state index in [0.29, 0.717) is 27.1 Å². The Morgan fingerprint density at radius 1 is 0.926 bits per heavy atom. The number of ketones is 1. The molecule has 3 nitrogen and oxygen atoms in total. The molecular weight excluding hydrogens is 360 g/mol. The highest BCUT2D eigenvalue weighted by molar-refractivity contribution is 6.30. The standard InChI is InChI=1S/C23H15ClO3/c1-14-7-12-19-18(13-14)22(26)20(21(25)15-8-10-17(24)11-9-15)23(27-19)16-5-3-2-4-6-16/h2-13H,1H3. The summed E-state index contributed by atoms with van der Waals surface area (Å²) in [5.74, 6) is -0.112. The molecular formula is C23H15ClO3. The number of fused-ring (bicyclic) bond motifs is 1. The molecule has 0 saturated heterocycles. The van der Waals surface area contributed by atoms with Crippen LogP contribution < -0.4 is 5.43 Å². The first-order valence-corrected chi connectivity index (χ1v) is 8.85. The van der Waals surface area contributed by atoms with E-state index >= 15 is 0 Å². The molecule has 0 aliphatic rings. The minimum absolute atomic E-state index is 0.0293. The van der Waals surface area contributed by atoms with Crippen LogP contribution >= 0.6 is 11.6 Å². The summed E-state index contributed by atoms with van der Waals surface area (Å²) in [7, 11) is 0. The molecule has 4 heteroatoms. The van der Waals surface area contributed by atoms with Crippen molar-refractivity contribution in [3.05, 3.63) is 105 Å². The highest BCUT2D eigenvalue weighted by Crippen LogP contribution is 2.28. The van der Waals surface area contributed by atoms with Gasteiger partial charge in [-0.05, 0) is 43.3 Å². The number of halogens is 1. The molecule has 0 N–H and O–H groups in total. The number of aryl methyl sites for hydroxylation is 1. The van der Waals surface area contributed by atoms with Crippen molar-refractivity contribution in [3.8, 4) is 11.3 Å².